The summed E-state index contributed by atoms with van der Waals surface area (Å²) >= 11 is 0. The van der Waals surface area contributed by atoms with E-state index in [1.807, 2.05) is 0 Å². The number of rotatable bonds is 12. The molecule has 0 saturated heterocycles. The van der Waals surface area contributed by atoms with E-state index in [4.69, 9.17) is 10.8 Å². The monoisotopic (exact) mass is 422 g/mol. The van der Waals surface area contributed by atoms with Crippen LogP contribution in [0.25, 0.3) is 0 Å². The fourth-order valence-electron chi connectivity index (χ4n) is 2.41. The Morgan fingerprint density at radius 1 is 1.00 bits per heavy atom. The predicted octanol–water partition coefficient (Wildman–Crippen LogP) is -1.39. The highest BCUT2D eigenvalue weighted by molar-refractivity contribution is 5.92. The summed E-state index contributed by atoms with van der Waals surface area (Å²) in [5, 5.41) is 24.8. The van der Waals surface area contributed by atoms with Crippen LogP contribution in [-0.4, -0.2) is 64.5 Å². The SMILES string of the molecule is CC(NC(=O)CNC(=O)C(N)CCC(=O)O)C(=O)NC(Cc1ccccc1)C(=O)O. The zero-order valence-corrected chi connectivity index (χ0v) is 16.5. The lowest BCUT2D eigenvalue weighted by molar-refractivity contribution is -0.142. The van der Waals surface area contributed by atoms with Gasteiger partial charge in [0.25, 0.3) is 0 Å². The second-order valence-corrected chi connectivity index (χ2v) is 6.64. The van der Waals surface area contributed by atoms with Gasteiger partial charge in [0.05, 0.1) is 12.6 Å². The molecule has 1 aromatic rings. The van der Waals surface area contributed by atoms with Gasteiger partial charge in [-0.1, -0.05) is 30.3 Å². The molecular weight excluding hydrogens is 396 g/mol. The summed E-state index contributed by atoms with van der Waals surface area (Å²) in [6, 6.07) is 5.45. The highest BCUT2D eigenvalue weighted by Gasteiger charge is 2.24. The van der Waals surface area contributed by atoms with Crippen molar-refractivity contribution in [1.29, 1.82) is 0 Å². The van der Waals surface area contributed by atoms with E-state index < -0.39 is 54.3 Å². The average molecular weight is 422 g/mol. The number of amides is 3. The molecule has 11 heteroatoms. The van der Waals surface area contributed by atoms with E-state index in [1.165, 1.54) is 6.92 Å². The molecule has 30 heavy (non-hydrogen) atoms. The number of carboxylic acid groups (broad SMARTS) is 2. The number of carbonyl (C=O) groups excluding carboxylic acids is 3. The molecule has 1 rings (SSSR count). The van der Waals surface area contributed by atoms with Gasteiger partial charge < -0.3 is 31.9 Å². The van der Waals surface area contributed by atoms with Crippen molar-refractivity contribution in [3.8, 4) is 0 Å². The van der Waals surface area contributed by atoms with E-state index in [0.29, 0.717) is 0 Å². The minimum Gasteiger partial charge on any atom is -0.481 e. The number of hydrogen-bond donors (Lipinski definition) is 6. The molecule has 0 aliphatic rings. The maximum atomic E-state index is 12.2. The van der Waals surface area contributed by atoms with E-state index in [-0.39, 0.29) is 19.3 Å². The summed E-state index contributed by atoms with van der Waals surface area (Å²) in [5.74, 6) is -4.39. The molecular formula is C19H26N4O7. The highest BCUT2D eigenvalue weighted by atomic mass is 16.4. The molecule has 0 aliphatic heterocycles. The largest absolute Gasteiger partial charge is 0.481 e. The molecule has 1 aromatic carbocycles. The van der Waals surface area contributed by atoms with Crippen LogP contribution in [0.3, 0.4) is 0 Å². The van der Waals surface area contributed by atoms with Crippen molar-refractivity contribution < 1.29 is 34.2 Å². The van der Waals surface area contributed by atoms with Crippen LogP contribution in [0.15, 0.2) is 30.3 Å². The van der Waals surface area contributed by atoms with Crippen LogP contribution >= 0.6 is 0 Å². The van der Waals surface area contributed by atoms with Gasteiger partial charge in [0.1, 0.15) is 12.1 Å². The first-order chi connectivity index (χ1) is 14.1. The van der Waals surface area contributed by atoms with Crippen molar-refractivity contribution in [2.75, 3.05) is 6.54 Å². The van der Waals surface area contributed by atoms with Gasteiger partial charge in [0.2, 0.25) is 17.7 Å². The molecule has 3 atom stereocenters. The molecule has 3 unspecified atom stereocenters. The Labute approximate surface area is 173 Å². The highest BCUT2D eigenvalue weighted by Crippen LogP contribution is 2.04. The maximum absolute atomic E-state index is 12.2. The van der Waals surface area contributed by atoms with Crippen LogP contribution < -0.4 is 21.7 Å². The maximum Gasteiger partial charge on any atom is 0.326 e. The fraction of sp³-hybridized carbons (Fsp3) is 0.421. The molecule has 0 radical (unpaired) electrons. The number of nitrogens with two attached hydrogens (primary N) is 1. The van der Waals surface area contributed by atoms with Crippen LogP contribution in [0.1, 0.15) is 25.3 Å². The first-order valence-corrected chi connectivity index (χ1v) is 9.21. The van der Waals surface area contributed by atoms with E-state index >= 15 is 0 Å². The number of hydrogen-bond acceptors (Lipinski definition) is 6. The number of carboxylic acids is 2. The van der Waals surface area contributed by atoms with E-state index in [2.05, 4.69) is 16.0 Å². The molecule has 0 fully saturated rings. The third kappa shape index (κ3) is 9.15. The first-order valence-electron chi connectivity index (χ1n) is 9.21. The van der Waals surface area contributed by atoms with Crippen molar-refractivity contribution in [2.45, 2.75) is 44.3 Å². The van der Waals surface area contributed by atoms with Gasteiger partial charge in [-0.25, -0.2) is 4.79 Å². The Kier molecular flexibility index (Phi) is 9.97. The Morgan fingerprint density at radius 2 is 1.63 bits per heavy atom. The van der Waals surface area contributed by atoms with Gasteiger partial charge in [-0.05, 0) is 18.9 Å². The van der Waals surface area contributed by atoms with Gasteiger partial charge >= 0.3 is 11.9 Å². The van der Waals surface area contributed by atoms with Crippen molar-refractivity contribution in [2.24, 2.45) is 5.73 Å². The standard InChI is InChI=1S/C19H26N4O7/c1-11(22-15(24)10-21-18(28)13(20)7-8-16(25)26)17(27)23-14(19(29)30)9-12-5-3-2-4-6-12/h2-6,11,13-14H,7-10,20H2,1H3,(H,21,28)(H,22,24)(H,23,27)(H,25,26)(H,29,30). The quantitative estimate of drug-likeness (QED) is 0.237. The molecule has 7 N–H and O–H groups in total. The molecule has 0 heterocycles. The third-order valence-corrected chi connectivity index (χ3v) is 4.10. The summed E-state index contributed by atoms with van der Waals surface area (Å²) in [6.45, 7) is 0.901. The summed E-state index contributed by atoms with van der Waals surface area (Å²) in [5.41, 5.74) is 6.25. The lowest BCUT2D eigenvalue weighted by atomic mass is 10.1. The zero-order chi connectivity index (χ0) is 22.7. The minimum atomic E-state index is -1.21. The van der Waals surface area contributed by atoms with Crippen molar-refractivity contribution in [1.82, 2.24) is 16.0 Å². The fourth-order valence-corrected chi connectivity index (χ4v) is 2.41. The molecule has 0 aromatic heterocycles. The first kappa shape index (κ1) is 24.6. The van der Waals surface area contributed by atoms with Crippen LogP contribution in [0.2, 0.25) is 0 Å². The Bertz CT molecular complexity index is 769. The predicted molar refractivity (Wildman–Crippen MR) is 105 cm³/mol. The number of aliphatic carboxylic acids is 2. The number of carbonyl (C=O) groups is 5. The van der Waals surface area contributed by atoms with Crippen LogP contribution in [0, 0.1) is 0 Å². The summed E-state index contributed by atoms with van der Waals surface area (Å²) < 4.78 is 0. The Morgan fingerprint density at radius 3 is 2.20 bits per heavy atom. The van der Waals surface area contributed by atoms with Gasteiger partial charge in [0, 0.05) is 12.8 Å². The van der Waals surface area contributed by atoms with Crippen molar-refractivity contribution in [3.63, 3.8) is 0 Å². The topological polar surface area (TPSA) is 188 Å². The van der Waals surface area contributed by atoms with Crippen LogP contribution in [0.5, 0.6) is 0 Å². The second-order valence-electron chi connectivity index (χ2n) is 6.64. The van der Waals surface area contributed by atoms with Crippen molar-refractivity contribution >= 4 is 29.7 Å². The normalized spacial score (nSPS) is 13.4. The molecule has 164 valence electrons. The smallest absolute Gasteiger partial charge is 0.326 e. The average Bonchev–Trinajstić information content (AvgIpc) is 2.70. The van der Waals surface area contributed by atoms with Gasteiger partial charge in [-0.15, -0.1) is 0 Å². The molecule has 0 bridgehead atoms. The van der Waals surface area contributed by atoms with Crippen LogP contribution in [0.4, 0.5) is 0 Å². The minimum absolute atomic E-state index is 0.0763. The lowest BCUT2D eigenvalue weighted by Crippen LogP contribution is -2.53. The molecule has 0 spiro atoms. The van der Waals surface area contributed by atoms with Gasteiger partial charge in [0.15, 0.2) is 0 Å². The lowest BCUT2D eigenvalue weighted by Gasteiger charge is -2.19. The van der Waals surface area contributed by atoms with E-state index in [1.54, 1.807) is 30.3 Å². The molecule has 0 saturated carbocycles. The van der Waals surface area contributed by atoms with Gasteiger partial charge in [-0.2, -0.15) is 0 Å². The third-order valence-electron chi connectivity index (χ3n) is 4.10. The molecule has 3 amide bonds. The number of nitrogens with one attached hydrogen (secondary N) is 3. The molecule has 0 aliphatic carbocycles. The second kappa shape index (κ2) is 12.2. The Hall–Kier alpha value is -3.47. The van der Waals surface area contributed by atoms with Crippen molar-refractivity contribution in [3.05, 3.63) is 35.9 Å². The zero-order valence-electron chi connectivity index (χ0n) is 16.5. The van der Waals surface area contributed by atoms with E-state index in [9.17, 15) is 29.1 Å². The summed E-state index contributed by atoms with van der Waals surface area (Å²) in [4.78, 5) is 57.7. The molecule has 11 nitrogen and oxygen atoms in total. The number of benzene rings is 1. The van der Waals surface area contributed by atoms with E-state index in [0.717, 1.165) is 5.56 Å². The summed E-state index contributed by atoms with van der Waals surface area (Å²) in [6.07, 6.45) is -0.293. The Balaban J connectivity index is 2.47. The van der Waals surface area contributed by atoms with Gasteiger partial charge in [-0.3, -0.25) is 19.2 Å². The van der Waals surface area contributed by atoms with Crippen LogP contribution in [-0.2, 0) is 30.4 Å². The summed E-state index contributed by atoms with van der Waals surface area (Å²) in [7, 11) is 0.